The maximum atomic E-state index is 13.7. The number of rotatable bonds is 6. The highest BCUT2D eigenvalue weighted by Gasteiger charge is 2.32. The molecule has 3 heterocycles. The number of halogens is 3. The summed E-state index contributed by atoms with van der Waals surface area (Å²) in [6.07, 6.45) is 0.642. The molecule has 1 aliphatic carbocycles. The van der Waals surface area contributed by atoms with E-state index in [1.54, 1.807) is 49.8 Å². The van der Waals surface area contributed by atoms with Crippen LogP contribution in [0.5, 0.6) is 5.75 Å². The summed E-state index contributed by atoms with van der Waals surface area (Å²) >= 11 is 1.59. The van der Waals surface area contributed by atoms with Gasteiger partial charge in [0, 0.05) is 29.2 Å². The molecular formula is C28H25F3N6O2S. The molecule has 1 saturated carbocycles. The predicted molar refractivity (Wildman–Crippen MR) is 148 cm³/mol. The van der Waals surface area contributed by atoms with Gasteiger partial charge >= 0.3 is 6.18 Å². The number of imidazole rings is 1. The van der Waals surface area contributed by atoms with Crippen LogP contribution >= 0.6 is 11.3 Å². The van der Waals surface area contributed by atoms with Gasteiger partial charge in [-0.1, -0.05) is 0 Å². The van der Waals surface area contributed by atoms with Gasteiger partial charge in [-0.25, -0.2) is 9.98 Å². The Kier molecular flexibility index (Phi) is 6.49. The quantitative estimate of drug-likeness (QED) is 0.293. The monoisotopic (exact) mass is 566 g/mol. The molecule has 2 aliphatic rings. The highest BCUT2D eigenvalue weighted by atomic mass is 32.1. The van der Waals surface area contributed by atoms with Crippen molar-refractivity contribution in [3.05, 3.63) is 82.1 Å². The molecule has 1 fully saturated rings. The third-order valence-corrected chi connectivity index (χ3v) is 7.59. The van der Waals surface area contributed by atoms with Crippen LogP contribution in [0.3, 0.4) is 0 Å². The number of aryl methyl sites for hydroxylation is 1. The zero-order valence-corrected chi connectivity index (χ0v) is 22.4. The van der Waals surface area contributed by atoms with Gasteiger partial charge in [0.25, 0.3) is 5.91 Å². The number of ether oxygens (including phenoxy) is 1. The van der Waals surface area contributed by atoms with E-state index in [9.17, 15) is 18.0 Å². The Hall–Kier alpha value is -4.32. The molecule has 206 valence electrons. The Balaban J connectivity index is 1.31. The van der Waals surface area contributed by atoms with Crippen LogP contribution in [0, 0.1) is 6.92 Å². The molecule has 6 rings (SSSR count). The van der Waals surface area contributed by atoms with Gasteiger partial charge in [-0.05, 0) is 67.6 Å². The smallest absolute Gasteiger partial charge is 0.416 e. The van der Waals surface area contributed by atoms with Crippen LogP contribution in [0.1, 0.15) is 39.3 Å². The molecule has 2 aromatic carbocycles. The second-order valence-electron chi connectivity index (χ2n) is 9.66. The minimum absolute atomic E-state index is 0.132. The van der Waals surface area contributed by atoms with Gasteiger partial charge in [0.2, 0.25) is 0 Å². The normalized spacial score (nSPS) is 14.9. The molecule has 1 aliphatic heterocycles. The van der Waals surface area contributed by atoms with E-state index in [1.165, 1.54) is 17.0 Å². The van der Waals surface area contributed by atoms with Gasteiger partial charge in [-0.3, -0.25) is 4.79 Å². The summed E-state index contributed by atoms with van der Waals surface area (Å²) < 4.78 is 48.2. The number of alkyl halides is 3. The lowest BCUT2D eigenvalue weighted by atomic mass is 10.1. The molecule has 2 aromatic heterocycles. The second kappa shape index (κ2) is 10.0. The Labute approximate surface area is 232 Å². The summed E-state index contributed by atoms with van der Waals surface area (Å²) in [7, 11) is 1.56. The lowest BCUT2D eigenvalue weighted by Crippen LogP contribution is -2.33. The maximum absolute atomic E-state index is 13.7. The van der Waals surface area contributed by atoms with E-state index < -0.39 is 17.6 Å². The van der Waals surface area contributed by atoms with E-state index >= 15 is 0 Å². The summed E-state index contributed by atoms with van der Waals surface area (Å²) in [4.78, 5) is 25.1. The number of aliphatic imine (C=N–C) groups is 1. The van der Waals surface area contributed by atoms with Crippen molar-refractivity contribution < 1.29 is 22.7 Å². The fraction of sp³-hybridized carbons (Fsp3) is 0.250. The highest BCUT2D eigenvalue weighted by molar-refractivity contribution is 7.12. The van der Waals surface area contributed by atoms with Crippen molar-refractivity contribution in [1.29, 1.82) is 0 Å². The number of nitrogens with zero attached hydrogens (tertiary/aromatic N) is 4. The van der Waals surface area contributed by atoms with Crippen LogP contribution in [-0.4, -0.2) is 41.1 Å². The number of carbonyl (C=O) groups is 1. The lowest BCUT2D eigenvalue weighted by Gasteiger charge is -2.29. The minimum Gasteiger partial charge on any atom is -0.495 e. The minimum atomic E-state index is -4.63. The number of aromatic nitrogens is 2. The number of carbonyl (C=O) groups excluding carboxylic acids is 1. The topological polar surface area (TPSA) is 83.8 Å². The molecule has 0 spiro atoms. The Morgan fingerprint density at radius 2 is 1.95 bits per heavy atom. The standard InChI is InChI=1S/C28H25F3N6O2S/c1-16-13-36(14-32-16)21-10-17(9-18(11-21)28(29,30)31)27(38)35-20-5-6-24(39-2)23(12-20)37-15-33-26(34-19-3-4-19)25-22(37)7-8-40-25/h5-14,19H,3-4,15H2,1-2H3,(H,33,34)(H,35,38). The molecule has 0 unspecified atom stereocenters. The molecule has 12 heteroatoms. The van der Waals surface area contributed by atoms with Gasteiger partial charge < -0.3 is 24.8 Å². The van der Waals surface area contributed by atoms with E-state index in [4.69, 9.17) is 9.73 Å². The van der Waals surface area contributed by atoms with Gasteiger partial charge in [0.05, 0.1) is 40.9 Å². The van der Waals surface area contributed by atoms with Crippen LogP contribution in [0.2, 0.25) is 0 Å². The molecule has 8 nitrogen and oxygen atoms in total. The number of hydrogen-bond acceptors (Lipinski definition) is 7. The first kappa shape index (κ1) is 25.9. The summed E-state index contributed by atoms with van der Waals surface area (Å²) in [6.45, 7) is 2.07. The highest BCUT2D eigenvalue weighted by Crippen LogP contribution is 2.41. The molecular weight excluding hydrogens is 541 g/mol. The second-order valence-corrected chi connectivity index (χ2v) is 10.6. The Bertz CT molecular complexity index is 1620. The third-order valence-electron chi connectivity index (χ3n) is 6.68. The predicted octanol–water partition coefficient (Wildman–Crippen LogP) is 6.13. The van der Waals surface area contributed by atoms with Crippen molar-refractivity contribution in [3.8, 4) is 11.4 Å². The molecule has 0 bridgehead atoms. The number of hydrogen-bond donors (Lipinski definition) is 2. The van der Waals surface area contributed by atoms with E-state index in [2.05, 4.69) is 15.6 Å². The number of benzene rings is 2. The molecule has 4 aromatic rings. The molecule has 1 amide bonds. The largest absolute Gasteiger partial charge is 0.495 e. The molecule has 40 heavy (non-hydrogen) atoms. The molecule has 2 N–H and O–H groups in total. The van der Waals surface area contributed by atoms with Gasteiger partial charge in [0.15, 0.2) is 0 Å². The van der Waals surface area contributed by atoms with Crippen LogP contribution < -0.4 is 20.3 Å². The average Bonchev–Trinajstić information content (AvgIpc) is 3.41. The summed E-state index contributed by atoms with van der Waals surface area (Å²) in [5.74, 6) is 0.769. The third kappa shape index (κ3) is 5.14. The van der Waals surface area contributed by atoms with Crippen molar-refractivity contribution in [3.63, 3.8) is 0 Å². The average molecular weight is 567 g/mol. The first-order chi connectivity index (χ1) is 19.2. The van der Waals surface area contributed by atoms with Crippen molar-refractivity contribution >= 4 is 40.1 Å². The fourth-order valence-electron chi connectivity index (χ4n) is 4.52. The molecule has 0 saturated heterocycles. The number of amidine groups is 1. The van der Waals surface area contributed by atoms with E-state index in [0.717, 1.165) is 41.4 Å². The number of fused-ring (bicyclic) bond motifs is 1. The van der Waals surface area contributed by atoms with Gasteiger partial charge in [-0.15, -0.1) is 11.3 Å². The summed E-state index contributed by atoms with van der Waals surface area (Å²) in [5.41, 5.74) is 1.80. The van der Waals surface area contributed by atoms with Crippen LogP contribution in [0.25, 0.3) is 5.69 Å². The Morgan fingerprint density at radius 1 is 1.12 bits per heavy atom. The number of nitrogens with one attached hydrogen (secondary N) is 2. The molecule has 0 radical (unpaired) electrons. The Morgan fingerprint density at radius 3 is 2.65 bits per heavy atom. The van der Waals surface area contributed by atoms with E-state index in [-0.39, 0.29) is 11.3 Å². The van der Waals surface area contributed by atoms with Crippen LogP contribution in [0.4, 0.5) is 30.2 Å². The number of amides is 1. The maximum Gasteiger partial charge on any atom is 0.416 e. The van der Waals surface area contributed by atoms with Crippen molar-refractivity contribution in [2.45, 2.75) is 32.0 Å². The van der Waals surface area contributed by atoms with Gasteiger partial charge in [0.1, 0.15) is 18.3 Å². The zero-order valence-electron chi connectivity index (χ0n) is 21.6. The van der Waals surface area contributed by atoms with Crippen LogP contribution in [-0.2, 0) is 6.18 Å². The van der Waals surface area contributed by atoms with Gasteiger partial charge in [-0.2, -0.15) is 13.2 Å². The molecule has 0 atom stereocenters. The SMILES string of the molecule is COc1ccc(NC(=O)c2cc(-n3cnc(C)c3)cc(C(F)(F)F)c2)cc1N1CN=C(NC2CC2)c2sccc21. The van der Waals surface area contributed by atoms with Crippen molar-refractivity contribution in [2.75, 3.05) is 24.0 Å². The van der Waals surface area contributed by atoms with E-state index in [0.29, 0.717) is 35.5 Å². The first-order valence-corrected chi connectivity index (χ1v) is 13.5. The van der Waals surface area contributed by atoms with Crippen LogP contribution in [0.15, 0.2) is 65.4 Å². The zero-order chi connectivity index (χ0) is 28.0. The number of thiophene rings is 1. The van der Waals surface area contributed by atoms with E-state index in [1.807, 2.05) is 16.3 Å². The summed E-state index contributed by atoms with van der Waals surface area (Å²) in [6, 6.07) is 10.8. The fourth-order valence-corrected chi connectivity index (χ4v) is 5.39. The number of methoxy groups -OCH3 is 1. The van der Waals surface area contributed by atoms with Crippen molar-refractivity contribution in [2.24, 2.45) is 4.99 Å². The number of anilines is 3. The first-order valence-electron chi connectivity index (χ1n) is 12.6. The summed E-state index contributed by atoms with van der Waals surface area (Å²) in [5, 5.41) is 8.24. The van der Waals surface area contributed by atoms with Crippen molar-refractivity contribution in [1.82, 2.24) is 14.9 Å². The lowest BCUT2D eigenvalue weighted by molar-refractivity contribution is -0.137.